The number of rotatable bonds is 3. The molecule has 1 unspecified atom stereocenters. The van der Waals surface area contributed by atoms with E-state index in [4.69, 9.17) is 0 Å². The average Bonchev–Trinajstić information content (AvgIpc) is 2.11. The van der Waals surface area contributed by atoms with Crippen LogP contribution in [0.5, 0.6) is 0 Å². The van der Waals surface area contributed by atoms with Gasteiger partial charge in [-0.05, 0) is 37.9 Å². The van der Waals surface area contributed by atoms with Crippen molar-refractivity contribution in [2.45, 2.75) is 33.7 Å². The first-order valence-corrected chi connectivity index (χ1v) is 5.30. The van der Waals surface area contributed by atoms with Gasteiger partial charge in [-0.25, -0.2) is 0 Å². The van der Waals surface area contributed by atoms with Crippen molar-refractivity contribution in [1.82, 2.24) is 5.32 Å². The van der Waals surface area contributed by atoms with Crippen LogP contribution in [0.1, 0.15) is 36.6 Å². The molecule has 0 radical (unpaired) electrons. The Hall–Kier alpha value is -0.820. The first-order chi connectivity index (χ1) is 6.56. The Kier molecular flexibility index (Phi) is 3.70. The molecule has 0 amide bonds. The molecule has 1 N–H and O–H groups in total. The van der Waals surface area contributed by atoms with Gasteiger partial charge >= 0.3 is 0 Å². The molecule has 0 fully saturated rings. The van der Waals surface area contributed by atoms with Crippen molar-refractivity contribution in [2.24, 2.45) is 5.92 Å². The maximum atomic E-state index is 3.39. The molecule has 0 aliphatic heterocycles. The molecule has 0 heterocycles. The maximum absolute atomic E-state index is 3.39. The Morgan fingerprint density at radius 1 is 1.14 bits per heavy atom. The second-order valence-corrected chi connectivity index (χ2v) is 4.37. The van der Waals surface area contributed by atoms with Crippen LogP contribution in [0.25, 0.3) is 0 Å². The van der Waals surface area contributed by atoms with Gasteiger partial charge < -0.3 is 5.32 Å². The highest BCUT2D eigenvalue weighted by atomic mass is 14.9. The van der Waals surface area contributed by atoms with E-state index >= 15 is 0 Å². The summed E-state index contributed by atoms with van der Waals surface area (Å²) in [6, 6.07) is 7.13. The van der Waals surface area contributed by atoms with Crippen LogP contribution in [0.15, 0.2) is 18.2 Å². The van der Waals surface area contributed by atoms with Crippen molar-refractivity contribution in [1.29, 1.82) is 0 Å². The molecule has 0 saturated carbocycles. The van der Waals surface area contributed by atoms with Crippen molar-refractivity contribution in [3.05, 3.63) is 34.9 Å². The van der Waals surface area contributed by atoms with E-state index in [0.29, 0.717) is 12.0 Å². The quantitative estimate of drug-likeness (QED) is 0.773. The smallest absolute Gasteiger partial charge is 0.0343 e. The predicted molar refractivity (Wildman–Crippen MR) is 62.6 cm³/mol. The summed E-state index contributed by atoms with van der Waals surface area (Å²) in [4.78, 5) is 0. The zero-order valence-corrected chi connectivity index (χ0v) is 9.89. The summed E-state index contributed by atoms with van der Waals surface area (Å²) in [5, 5.41) is 3.39. The first kappa shape index (κ1) is 11.3. The lowest BCUT2D eigenvalue weighted by Crippen LogP contribution is -2.22. The van der Waals surface area contributed by atoms with E-state index in [1.807, 2.05) is 7.05 Å². The minimum atomic E-state index is 0.467. The summed E-state index contributed by atoms with van der Waals surface area (Å²) in [7, 11) is 2.03. The van der Waals surface area contributed by atoms with Crippen LogP contribution < -0.4 is 5.32 Å². The van der Waals surface area contributed by atoms with Gasteiger partial charge in [0.05, 0.1) is 0 Å². The molecule has 1 aromatic rings. The zero-order valence-electron chi connectivity index (χ0n) is 9.89. The largest absolute Gasteiger partial charge is 0.313 e. The molecular formula is C13H21N. The minimum Gasteiger partial charge on any atom is -0.313 e. The molecule has 1 atom stereocenters. The Morgan fingerprint density at radius 3 is 2.29 bits per heavy atom. The topological polar surface area (TPSA) is 12.0 Å². The molecule has 78 valence electrons. The second kappa shape index (κ2) is 4.61. The molecule has 0 aliphatic carbocycles. The lowest BCUT2D eigenvalue weighted by molar-refractivity contribution is 0.441. The molecule has 0 aliphatic rings. The SMILES string of the molecule is CNC(c1cc(C)ccc1C)C(C)C. The molecule has 1 heteroatoms. The third-order valence-corrected chi connectivity index (χ3v) is 2.75. The fraction of sp³-hybridized carbons (Fsp3) is 0.538. The van der Waals surface area contributed by atoms with E-state index in [-0.39, 0.29) is 0 Å². The molecule has 14 heavy (non-hydrogen) atoms. The van der Waals surface area contributed by atoms with E-state index in [2.05, 4.69) is 51.2 Å². The van der Waals surface area contributed by atoms with Crippen molar-refractivity contribution < 1.29 is 0 Å². The Morgan fingerprint density at radius 2 is 1.79 bits per heavy atom. The van der Waals surface area contributed by atoms with Gasteiger partial charge in [0.1, 0.15) is 0 Å². The summed E-state index contributed by atoms with van der Waals surface area (Å²) in [5.74, 6) is 0.625. The standard InChI is InChI=1S/C13H21N/c1-9(2)13(14-5)12-8-10(3)6-7-11(12)4/h6-9,13-14H,1-5H3. The van der Waals surface area contributed by atoms with Gasteiger partial charge in [0.15, 0.2) is 0 Å². The van der Waals surface area contributed by atoms with Gasteiger partial charge in [-0.2, -0.15) is 0 Å². The second-order valence-electron chi connectivity index (χ2n) is 4.37. The van der Waals surface area contributed by atoms with Crippen LogP contribution in [-0.2, 0) is 0 Å². The van der Waals surface area contributed by atoms with Crippen LogP contribution in [0.2, 0.25) is 0 Å². The summed E-state index contributed by atoms with van der Waals surface area (Å²) in [6.45, 7) is 8.84. The lowest BCUT2D eigenvalue weighted by Gasteiger charge is -2.23. The van der Waals surface area contributed by atoms with Crippen LogP contribution >= 0.6 is 0 Å². The van der Waals surface area contributed by atoms with Gasteiger partial charge in [0, 0.05) is 6.04 Å². The fourth-order valence-corrected chi connectivity index (χ4v) is 1.94. The van der Waals surface area contributed by atoms with Crippen LogP contribution in [0.3, 0.4) is 0 Å². The van der Waals surface area contributed by atoms with Gasteiger partial charge in [0.2, 0.25) is 0 Å². The predicted octanol–water partition coefficient (Wildman–Crippen LogP) is 3.22. The summed E-state index contributed by atoms with van der Waals surface area (Å²) in [6.07, 6.45) is 0. The van der Waals surface area contributed by atoms with Crippen molar-refractivity contribution in [3.63, 3.8) is 0 Å². The van der Waals surface area contributed by atoms with Crippen molar-refractivity contribution >= 4 is 0 Å². The molecule has 1 rings (SSSR count). The summed E-state index contributed by atoms with van der Waals surface area (Å²) in [5.41, 5.74) is 4.15. The average molecular weight is 191 g/mol. The Labute approximate surface area is 87.5 Å². The van der Waals surface area contributed by atoms with Gasteiger partial charge in [-0.15, -0.1) is 0 Å². The highest BCUT2D eigenvalue weighted by Gasteiger charge is 2.15. The van der Waals surface area contributed by atoms with E-state index < -0.39 is 0 Å². The lowest BCUT2D eigenvalue weighted by atomic mass is 9.92. The Balaban J connectivity index is 3.08. The zero-order chi connectivity index (χ0) is 10.7. The number of hydrogen-bond acceptors (Lipinski definition) is 1. The summed E-state index contributed by atoms with van der Waals surface area (Å²) < 4.78 is 0. The van der Waals surface area contributed by atoms with Crippen LogP contribution in [-0.4, -0.2) is 7.05 Å². The van der Waals surface area contributed by atoms with Crippen molar-refractivity contribution in [2.75, 3.05) is 7.05 Å². The monoisotopic (exact) mass is 191 g/mol. The Bertz CT molecular complexity index is 302. The highest BCUT2D eigenvalue weighted by molar-refractivity contribution is 5.33. The van der Waals surface area contributed by atoms with Crippen molar-refractivity contribution in [3.8, 4) is 0 Å². The number of aryl methyl sites for hydroxylation is 2. The van der Waals surface area contributed by atoms with Crippen LogP contribution in [0.4, 0.5) is 0 Å². The number of hydrogen-bond donors (Lipinski definition) is 1. The first-order valence-electron chi connectivity index (χ1n) is 5.30. The molecule has 0 aromatic heterocycles. The van der Waals surface area contributed by atoms with Gasteiger partial charge in [-0.3, -0.25) is 0 Å². The number of benzene rings is 1. The maximum Gasteiger partial charge on any atom is 0.0343 e. The molecular weight excluding hydrogens is 170 g/mol. The van der Waals surface area contributed by atoms with E-state index in [9.17, 15) is 0 Å². The molecule has 0 spiro atoms. The van der Waals surface area contributed by atoms with Gasteiger partial charge in [-0.1, -0.05) is 37.6 Å². The fourth-order valence-electron chi connectivity index (χ4n) is 1.94. The molecule has 1 nitrogen and oxygen atoms in total. The molecule has 0 bridgehead atoms. The highest BCUT2D eigenvalue weighted by Crippen LogP contribution is 2.24. The van der Waals surface area contributed by atoms with Gasteiger partial charge in [0.25, 0.3) is 0 Å². The molecule has 0 saturated heterocycles. The molecule has 1 aromatic carbocycles. The van der Waals surface area contributed by atoms with E-state index in [0.717, 1.165) is 0 Å². The van der Waals surface area contributed by atoms with E-state index in [1.54, 1.807) is 0 Å². The third-order valence-electron chi connectivity index (χ3n) is 2.75. The third kappa shape index (κ3) is 2.36. The van der Waals surface area contributed by atoms with Crippen LogP contribution in [0, 0.1) is 19.8 Å². The minimum absolute atomic E-state index is 0.467. The summed E-state index contributed by atoms with van der Waals surface area (Å²) >= 11 is 0. The normalized spacial score (nSPS) is 13.3. The van der Waals surface area contributed by atoms with E-state index in [1.165, 1.54) is 16.7 Å². The number of nitrogens with one attached hydrogen (secondary N) is 1.